The molecular formula is C15H14IN3O2S2. The smallest absolute Gasteiger partial charge is 0.220 e. The van der Waals surface area contributed by atoms with Crippen LogP contribution in [0.1, 0.15) is 23.0 Å². The lowest BCUT2D eigenvalue weighted by molar-refractivity contribution is 0.103. The Morgan fingerprint density at radius 2 is 2.17 bits per heavy atom. The summed E-state index contributed by atoms with van der Waals surface area (Å²) in [6, 6.07) is 7.49. The summed E-state index contributed by atoms with van der Waals surface area (Å²) in [6.07, 6.45) is 3.08. The van der Waals surface area contributed by atoms with Gasteiger partial charge in [-0.3, -0.25) is 8.77 Å². The Hall–Kier alpha value is -1.31. The van der Waals surface area contributed by atoms with Crippen LogP contribution in [-0.4, -0.2) is 20.2 Å². The topological polar surface area (TPSA) is 74.9 Å². The quantitative estimate of drug-likeness (QED) is 0.316. The van der Waals surface area contributed by atoms with Crippen molar-refractivity contribution in [1.29, 1.82) is 5.26 Å². The molecule has 2 aromatic rings. The van der Waals surface area contributed by atoms with Crippen LogP contribution < -0.4 is 4.72 Å². The predicted molar refractivity (Wildman–Crippen MR) is 105 cm³/mol. The normalized spacial score (nSPS) is 12.9. The van der Waals surface area contributed by atoms with Gasteiger partial charge < -0.3 is 4.72 Å². The number of fused-ring (bicyclic) bond motifs is 1. The molecule has 0 bridgehead atoms. The lowest BCUT2D eigenvalue weighted by atomic mass is 10.1. The van der Waals surface area contributed by atoms with Gasteiger partial charge in [-0.2, -0.15) is 5.26 Å². The number of benzene rings is 1. The molecule has 1 atom stereocenters. The Balaban J connectivity index is 2.67. The first kappa shape index (κ1) is 18.0. The van der Waals surface area contributed by atoms with Crippen molar-refractivity contribution in [3.05, 3.63) is 41.1 Å². The molecule has 5 nitrogen and oxygen atoms in total. The van der Waals surface area contributed by atoms with E-state index in [2.05, 4.69) is 25.9 Å². The Bertz CT molecular complexity index is 881. The van der Waals surface area contributed by atoms with Crippen molar-refractivity contribution in [2.75, 3.05) is 11.0 Å². The first-order chi connectivity index (χ1) is 10.9. The fraction of sp³-hybridized carbons (Fsp3) is 0.200. The molecule has 120 valence electrons. The summed E-state index contributed by atoms with van der Waals surface area (Å²) in [5.41, 5.74) is 3.14. The van der Waals surface area contributed by atoms with E-state index in [1.54, 1.807) is 23.2 Å². The van der Waals surface area contributed by atoms with Gasteiger partial charge in [0.15, 0.2) is 0 Å². The largest absolute Gasteiger partial charge is 0.305 e. The van der Waals surface area contributed by atoms with Gasteiger partial charge in [0.2, 0.25) is 5.78 Å². The number of hydrogen-bond acceptors (Lipinski definition) is 4. The molecule has 0 fully saturated rings. The van der Waals surface area contributed by atoms with E-state index in [4.69, 9.17) is 5.26 Å². The van der Waals surface area contributed by atoms with E-state index in [9.17, 15) is 9.00 Å². The lowest BCUT2D eigenvalue weighted by Gasteiger charge is -2.08. The zero-order valence-corrected chi connectivity index (χ0v) is 16.5. The molecule has 0 aliphatic carbocycles. The first-order valence-electron chi connectivity index (χ1n) is 6.59. The number of anilines is 1. The van der Waals surface area contributed by atoms with Crippen LogP contribution in [0, 0.1) is 18.3 Å². The standard InChI is InChI=1S/C15H14IN3O2S2/c1-4-10(8-17)15(20)14-7-11-6-12(18-23(3)21)9(2)5-13(11)19(14)22-16/h4-7,18H,1-3H3/b10-4+. The third kappa shape index (κ3) is 3.62. The highest BCUT2D eigenvalue weighted by atomic mass is 127. The van der Waals surface area contributed by atoms with Gasteiger partial charge in [0.05, 0.1) is 11.1 Å². The summed E-state index contributed by atoms with van der Waals surface area (Å²) in [5, 5.41) is 9.93. The number of allylic oxidation sites excluding steroid dienone is 2. The maximum atomic E-state index is 12.5. The molecule has 0 aliphatic rings. The van der Waals surface area contributed by atoms with Crippen molar-refractivity contribution in [3.63, 3.8) is 0 Å². The van der Waals surface area contributed by atoms with Crippen molar-refractivity contribution in [3.8, 4) is 6.07 Å². The van der Waals surface area contributed by atoms with Crippen LogP contribution in [0.25, 0.3) is 10.9 Å². The predicted octanol–water partition coefficient (Wildman–Crippen LogP) is 4.15. The average Bonchev–Trinajstić information content (AvgIpc) is 2.85. The third-order valence-corrected chi connectivity index (χ3v) is 5.53. The number of hydrogen-bond donors (Lipinski definition) is 1. The maximum absolute atomic E-state index is 12.5. The Labute approximate surface area is 153 Å². The van der Waals surface area contributed by atoms with Gasteiger partial charge in [0.25, 0.3) is 0 Å². The minimum atomic E-state index is -1.17. The number of ketones is 1. The van der Waals surface area contributed by atoms with E-state index < -0.39 is 11.0 Å². The summed E-state index contributed by atoms with van der Waals surface area (Å²) < 4.78 is 16.1. The summed E-state index contributed by atoms with van der Waals surface area (Å²) in [7, 11) is 0.204. The van der Waals surface area contributed by atoms with Crippen LogP contribution in [0.15, 0.2) is 29.8 Å². The van der Waals surface area contributed by atoms with Crippen LogP contribution in [0.5, 0.6) is 0 Å². The highest BCUT2D eigenvalue weighted by molar-refractivity contribution is 14.2. The number of nitriles is 1. The summed E-state index contributed by atoms with van der Waals surface area (Å²) >= 11 is 2.11. The highest BCUT2D eigenvalue weighted by Gasteiger charge is 2.20. The molecule has 0 radical (unpaired) electrons. The van der Waals surface area contributed by atoms with Crippen molar-refractivity contribution in [2.45, 2.75) is 13.8 Å². The van der Waals surface area contributed by atoms with Gasteiger partial charge in [-0.1, -0.05) is 6.08 Å². The number of aromatic nitrogens is 1. The second-order valence-corrected chi connectivity index (χ2v) is 7.62. The molecule has 0 aliphatic heterocycles. The van der Waals surface area contributed by atoms with Crippen LogP contribution in [-0.2, 0) is 11.0 Å². The molecular weight excluding hydrogens is 445 g/mol. The van der Waals surface area contributed by atoms with Crippen molar-refractivity contribution in [2.24, 2.45) is 0 Å². The summed E-state index contributed by atoms with van der Waals surface area (Å²) in [5.74, 6) is -0.304. The molecule has 1 N–H and O–H groups in total. The molecule has 2 rings (SSSR count). The number of nitrogens with one attached hydrogen (secondary N) is 1. The van der Waals surface area contributed by atoms with E-state index in [1.807, 2.05) is 25.1 Å². The minimum absolute atomic E-state index is 0.115. The Kier molecular flexibility index (Phi) is 5.89. The Morgan fingerprint density at radius 3 is 2.70 bits per heavy atom. The van der Waals surface area contributed by atoms with Crippen molar-refractivity contribution >= 4 is 63.7 Å². The van der Waals surface area contributed by atoms with Crippen LogP contribution in [0.4, 0.5) is 5.69 Å². The van der Waals surface area contributed by atoms with Gasteiger partial charge in [-0.25, -0.2) is 4.21 Å². The van der Waals surface area contributed by atoms with Crippen LogP contribution in [0.2, 0.25) is 0 Å². The maximum Gasteiger partial charge on any atom is 0.220 e. The van der Waals surface area contributed by atoms with E-state index in [1.165, 1.54) is 15.2 Å². The molecule has 0 amide bonds. The van der Waals surface area contributed by atoms with Crippen molar-refractivity contribution in [1.82, 2.24) is 3.97 Å². The number of nitrogens with zero attached hydrogens (tertiary/aromatic N) is 2. The Morgan fingerprint density at radius 1 is 1.48 bits per heavy atom. The van der Waals surface area contributed by atoms with E-state index in [0.717, 1.165) is 22.2 Å². The number of aryl methyl sites for hydroxylation is 1. The van der Waals surface area contributed by atoms with E-state index >= 15 is 0 Å². The van der Waals surface area contributed by atoms with Crippen LogP contribution >= 0.6 is 30.3 Å². The summed E-state index contributed by atoms with van der Waals surface area (Å²) in [6.45, 7) is 3.58. The second-order valence-electron chi connectivity index (χ2n) is 4.82. The highest BCUT2D eigenvalue weighted by Crippen LogP contribution is 2.33. The van der Waals surface area contributed by atoms with Gasteiger partial charge in [-0.05, 0) is 37.6 Å². The molecule has 0 saturated heterocycles. The molecule has 1 aromatic carbocycles. The van der Waals surface area contributed by atoms with E-state index in [-0.39, 0.29) is 11.4 Å². The number of rotatable bonds is 5. The zero-order valence-electron chi connectivity index (χ0n) is 12.7. The molecule has 0 spiro atoms. The van der Waals surface area contributed by atoms with Gasteiger partial charge >= 0.3 is 0 Å². The van der Waals surface area contributed by atoms with Gasteiger partial charge in [0.1, 0.15) is 22.7 Å². The first-order valence-corrected chi connectivity index (χ1v) is 11.5. The fourth-order valence-electron chi connectivity index (χ4n) is 2.22. The second kappa shape index (κ2) is 7.51. The van der Waals surface area contributed by atoms with Crippen LogP contribution in [0.3, 0.4) is 0 Å². The fourth-order valence-corrected chi connectivity index (χ4v) is 4.46. The zero-order chi connectivity index (χ0) is 17.1. The molecule has 1 aromatic heterocycles. The minimum Gasteiger partial charge on any atom is -0.305 e. The third-order valence-electron chi connectivity index (χ3n) is 3.31. The van der Waals surface area contributed by atoms with E-state index in [0.29, 0.717) is 5.69 Å². The monoisotopic (exact) mass is 459 g/mol. The molecule has 0 saturated carbocycles. The number of Topliss-reactive ketones (excluding diaryl/α,β-unsaturated/α-hetero) is 1. The number of halogens is 1. The van der Waals surface area contributed by atoms with Gasteiger partial charge in [0, 0.05) is 47.7 Å². The number of carbonyl (C=O) groups excluding carboxylic acids is 1. The van der Waals surface area contributed by atoms with Crippen molar-refractivity contribution < 1.29 is 9.00 Å². The molecule has 1 heterocycles. The average molecular weight is 459 g/mol. The molecule has 8 heteroatoms. The van der Waals surface area contributed by atoms with Gasteiger partial charge in [-0.15, -0.1) is 0 Å². The molecule has 1 unspecified atom stereocenters. The molecule has 23 heavy (non-hydrogen) atoms. The number of carbonyl (C=O) groups is 1. The lowest BCUT2D eigenvalue weighted by Crippen LogP contribution is -2.06. The SMILES string of the molecule is C/C=C(\C#N)C(=O)c1cc2cc(NS(C)=O)c(C)cc2n1SI. The summed E-state index contributed by atoms with van der Waals surface area (Å²) in [4.78, 5) is 12.5.